The molecule has 0 saturated carbocycles. The van der Waals surface area contributed by atoms with Crippen molar-refractivity contribution in [3.8, 4) is 0 Å². The van der Waals surface area contributed by atoms with Crippen LogP contribution in [0.15, 0.2) is 41.3 Å². The second-order valence-electron chi connectivity index (χ2n) is 7.53. The Bertz CT molecular complexity index is 1190. The number of rotatable bonds is 2. The molecule has 1 N–H and O–H groups in total. The number of aromatic nitrogens is 3. The summed E-state index contributed by atoms with van der Waals surface area (Å²) in [6.07, 6.45) is 3.69. The van der Waals surface area contributed by atoms with Gasteiger partial charge in [0.1, 0.15) is 11.4 Å². The highest BCUT2D eigenvalue weighted by molar-refractivity contribution is 6.13. The van der Waals surface area contributed by atoms with Crippen molar-refractivity contribution in [1.29, 1.82) is 0 Å². The van der Waals surface area contributed by atoms with E-state index < -0.39 is 0 Å². The van der Waals surface area contributed by atoms with Crippen molar-refractivity contribution in [2.45, 2.75) is 18.9 Å². The predicted octanol–water partition coefficient (Wildman–Crippen LogP) is 2.00. The van der Waals surface area contributed by atoms with Crippen LogP contribution in [0.1, 0.15) is 23.2 Å². The minimum Gasteiger partial charge on any atom is -0.357 e. The summed E-state index contributed by atoms with van der Waals surface area (Å²) in [7, 11) is 3.52. The standard InChI is InChI=1S/C21H22N6O2/c1-22-21-23-11-15-19(24-21)26-10-4-5-13(26)12-27(20(15)29)17-7-3-6-16-14(17)8-9-18(28)25(16)2/h3,6-9,11,13H,4-5,10,12H2,1-2H3,(H,22,23,24)/t13-/m0/s1. The molecule has 148 valence electrons. The minimum absolute atomic E-state index is 0.0721. The van der Waals surface area contributed by atoms with Crippen LogP contribution in [-0.4, -0.2) is 46.6 Å². The monoisotopic (exact) mass is 390 g/mol. The second kappa shape index (κ2) is 6.58. The smallest absolute Gasteiger partial charge is 0.263 e. The number of aryl methyl sites for hydroxylation is 1. The Balaban J connectivity index is 1.70. The Morgan fingerprint density at radius 1 is 1.17 bits per heavy atom. The number of anilines is 3. The first-order chi connectivity index (χ1) is 14.1. The van der Waals surface area contributed by atoms with E-state index in [1.807, 2.05) is 23.1 Å². The molecule has 1 fully saturated rings. The maximum absolute atomic E-state index is 13.6. The van der Waals surface area contributed by atoms with Crippen molar-refractivity contribution >= 4 is 34.3 Å². The van der Waals surface area contributed by atoms with Gasteiger partial charge >= 0.3 is 0 Å². The predicted molar refractivity (Wildman–Crippen MR) is 113 cm³/mol. The van der Waals surface area contributed by atoms with Crippen LogP contribution in [-0.2, 0) is 7.05 Å². The molecule has 8 heteroatoms. The summed E-state index contributed by atoms with van der Waals surface area (Å²) in [6.45, 7) is 1.45. The van der Waals surface area contributed by atoms with Gasteiger partial charge in [-0.05, 0) is 31.0 Å². The molecular formula is C21H22N6O2. The fourth-order valence-corrected chi connectivity index (χ4v) is 4.44. The largest absolute Gasteiger partial charge is 0.357 e. The molecule has 5 rings (SSSR count). The van der Waals surface area contributed by atoms with Crippen molar-refractivity contribution < 1.29 is 4.79 Å². The van der Waals surface area contributed by atoms with Gasteiger partial charge in [-0.2, -0.15) is 4.98 Å². The molecule has 0 unspecified atom stereocenters. The van der Waals surface area contributed by atoms with E-state index >= 15 is 0 Å². The average molecular weight is 390 g/mol. The first-order valence-corrected chi connectivity index (χ1v) is 9.80. The van der Waals surface area contributed by atoms with E-state index in [0.29, 0.717) is 23.9 Å². The fourth-order valence-electron chi connectivity index (χ4n) is 4.44. The van der Waals surface area contributed by atoms with Gasteiger partial charge in [-0.3, -0.25) is 9.59 Å². The van der Waals surface area contributed by atoms with Crippen molar-refractivity contribution in [3.05, 3.63) is 52.4 Å². The lowest BCUT2D eigenvalue weighted by Gasteiger charge is -2.27. The number of carbonyl (C=O) groups is 1. The normalized spacial score (nSPS) is 18.6. The summed E-state index contributed by atoms with van der Waals surface area (Å²) in [5.74, 6) is 1.10. The van der Waals surface area contributed by atoms with Crippen molar-refractivity contribution in [1.82, 2.24) is 14.5 Å². The van der Waals surface area contributed by atoms with Crippen LogP contribution < -0.4 is 20.7 Å². The van der Waals surface area contributed by atoms with E-state index in [1.165, 1.54) is 0 Å². The molecule has 29 heavy (non-hydrogen) atoms. The van der Waals surface area contributed by atoms with Crippen molar-refractivity contribution in [3.63, 3.8) is 0 Å². The molecule has 0 bridgehead atoms. The highest BCUT2D eigenvalue weighted by Gasteiger charge is 2.37. The molecule has 2 aliphatic rings. The molecule has 1 amide bonds. The summed E-state index contributed by atoms with van der Waals surface area (Å²) < 4.78 is 1.61. The zero-order valence-electron chi connectivity index (χ0n) is 16.4. The quantitative estimate of drug-likeness (QED) is 0.721. The van der Waals surface area contributed by atoms with Gasteiger partial charge in [0.15, 0.2) is 0 Å². The highest BCUT2D eigenvalue weighted by atomic mass is 16.2. The Morgan fingerprint density at radius 3 is 2.86 bits per heavy atom. The lowest BCUT2D eigenvalue weighted by Crippen LogP contribution is -2.40. The third-order valence-electron chi connectivity index (χ3n) is 5.95. The summed E-state index contributed by atoms with van der Waals surface area (Å²) in [4.78, 5) is 38.6. The summed E-state index contributed by atoms with van der Waals surface area (Å²) in [5.41, 5.74) is 2.05. The molecule has 1 atom stereocenters. The molecular weight excluding hydrogens is 368 g/mol. The average Bonchev–Trinajstić information content (AvgIpc) is 3.17. The van der Waals surface area contributed by atoms with Gasteiger partial charge in [0.25, 0.3) is 11.5 Å². The minimum atomic E-state index is -0.113. The number of amides is 1. The fraction of sp³-hybridized carbons (Fsp3) is 0.333. The number of carbonyl (C=O) groups excluding carboxylic acids is 1. The molecule has 3 aromatic rings. The van der Waals surface area contributed by atoms with Gasteiger partial charge in [0.05, 0.1) is 11.2 Å². The van der Waals surface area contributed by atoms with Gasteiger partial charge in [-0.25, -0.2) is 4.98 Å². The van der Waals surface area contributed by atoms with Crippen LogP contribution in [0.3, 0.4) is 0 Å². The Hall–Kier alpha value is -3.42. The molecule has 8 nitrogen and oxygen atoms in total. The van der Waals surface area contributed by atoms with Crippen LogP contribution in [0.25, 0.3) is 10.9 Å². The van der Waals surface area contributed by atoms with E-state index in [9.17, 15) is 9.59 Å². The second-order valence-corrected chi connectivity index (χ2v) is 7.53. The van der Waals surface area contributed by atoms with Crippen LogP contribution in [0.4, 0.5) is 17.5 Å². The number of hydrogen-bond donors (Lipinski definition) is 1. The maximum Gasteiger partial charge on any atom is 0.263 e. The first-order valence-electron chi connectivity index (χ1n) is 9.80. The van der Waals surface area contributed by atoms with Crippen molar-refractivity contribution in [2.75, 3.05) is 35.3 Å². The van der Waals surface area contributed by atoms with Crippen LogP contribution in [0.2, 0.25) is 0 Å². The SMILES string of the molecule is CNc1ncc2c(n1)N1CCC[C@H]1CN(c1cccc3c1ccc(=O)n3C)C2=O. The number of nitrogens with one attached hydrogen (secondary N) is 1. The zero-order valence-corrected chi connectivity index (χ0v) is 16.4. The molecule has 2 aromatic heterocycles. The van der Waals surface area contributed by atoms with Gasteiger partial charge in [0, 0.05) is 50.9 Å². The van der Waals surface area contributed by atoms with Gasteiger partial charge in [0.2, 0.25) is 5.95 Å². The topological polar surface area (TPSA) is 83.4 Å². The zero-order chi connectivity index (χ0) is 20.1. The Labute approximate surface area is 167 Å². The third-order valence-corrected chi connectivity index (χ3v) is 5.95. The maximum atomic E-state index is 13.6. The molecule has 0 radical (unpaired) electrons. The van der Waals surface area contributed by atoms with Crippen molar-refractivity contribution in [2.24, 2.45) is 7.05 Å². The molecule has 1 saturated heterocycles. The lowest BCUT2D eigenvalue weighted by atomic mass is 10.1. The van der Waals surface area contributed by atoms with Gasteiger partial charge in [-0.1, -0.05) is 6.07 Å². The van der Waals surface area contributed by atoms with E-state index in [1.54, 1.807) is 37.0 Å². The van der Waals surface area contributed by atoms with E-state index in [4.69, 9.17) is 0 Å². The lowest BCUT2D eigenvalue weighted by molar-refractivity contribution is 0.0988. The van der Waals surface area contributed by atoms with Crippen LogP contribution >= 0.6 is 0 Å². The Morgan fingerprint density at radius 2 is 2.03 bits per heavy atom. The molecule has 4 heterocycles. The molecule has 0 spiro atoms. The Kier molecular flexibility index (Phi) is 4.01. The van der Waals surface area contributed by atoms with Gasteiger partial charge in [-0.15, -0.1) is 0 Å². The molecule has 1 aromatic carbocycles. The van der Waals surface area contributed by atoms with E-state index in [-0.39, 0.29) is 17.5 Å². The number of hydrogen-bond acceptors (Lipinski definition) is 6. The van der Waals surface area contributed by atoms with E-state index in [0.717, 1.165) is 36.0 Å². The summed E-state index contributed by atoms with van der Waals surface area (Å²) >= 11 is 0. The number of nitrogens with zero attached hydrogens (tertiary/aromatic N) is 5. The van der Waals surface area contributed by atoms with E-state index in [2.05, 4.69) is 20.2 Å². The third kappa shape index (κ3) is 2.66. The first kappa shape index (κ1) is 17.7. The molecule has 0 aliphatic carbocycles. The highest BCUT2D eigenvalue weighted by Crippen LogP contribution is 2.36. The number of benzene rings is 1. The number of fused-ring (bicyclic) bond motifs is 4. The van der Waals surface area contributed by atoms with Crippen LogP contribution in [0, 0.1) is 0 Å². The van der Waals surface area contributed by atoms with Gasteiger partial charge < -0.3 is 19.7 Å². The van der Waals surface area contributed by atoms with Crippen LogP contribution in [0.5, 0.6) is 0 Å². The molecule has 2 aliphatic heterocycles. The summed E-state index contributed by atoms with van der Waals surface area (Å²) in [5, 5.41) is 3.84. The number of pyridine rings is 1. The summed E-state index contributed by atoms with van der Waals surface area (Å²) in [6, 6.07) is 9.29.